The molecule has 1 aromatic heterocycles. The van der Waals surface area contributed by atoms with E-state index in [2.05, 4.69) is 18.9 Å². The Balaban J connectivity index is 2.09. The number of ketones is 1. The molecule has 0 saturated carbocycles. The molecule has 0 aliphatic carbocycles. The number of carbonyl (C=O) groups excluding carboxylic acids is 1. The second kappa shape index (κ2) is 5.65. The molecule has 0 atom stereocenters. The number of hydrogen-bond donors (Lipinski definition) is 0. The van der Waals surface area contributed by atoms with Crippen molar-refractivity contribution >= 4 is 11.9 Å². The van der Waals surface area contributed by atoms with Crippen molar-refractivity contribution in [3.63, 3.8) is 0 Å². The molecule has 0 fully saturated rings. The summed E-state index contributed by atoms with van der Waals surface area (Å²) in [6, 6.07) is 9.63. The molecule has 0 aliphatic heterocycles. The van der Waals surface area contributed by atoms with E-state index in [1.807, 2.05) is 43.6 Å². The first-order valence-corrected chi connectivity index (χ1v) is 6.38. The van der Waals surface area contributed by atoms with Crippen LogP contribution in [0.4, 0.5) is 0 Å². The van der Waals surface area contributed by atoms with E-state index in [1.165, 1.54) is 5.56 Å². The Morgan fingerprint density at radius 3 is 2.42 bits per heavy atom. The molecule has 2 aromatic rings. The molecule has 0 saturated heterocycles. The number of rotatable bonds is 4. The van der Waals surface area contributed by atoms with Gasteiger partial charge in [0.1, 0.15) is 0 Å². The summed E-state index contributed by atoms with van der Waals surface area (Å²) in [4.78, 5) is 12.0. The van der Waals surface area contributed by atoms with Gasteiger partial charge in [0.05, 0.1) is 5.69 Å². The van der Waals surface area contributed by atoms with Crippen LogP contribution in [0.3, 0.4) is 0 Å². The molecule has 1 heterocycles. The Bertz CT molecular complexity index is 591. The van der Waals surface area contributed by atoms with Gasteiger partial charge in [0.2, 0.25) is 0 Å². The Labute approximate surface area is 113 Å². The molecule has 0 radical (unpaired) electrons. The number of hydrogen-bond acceptors (Lipinski definition) is 2. The fraction of sp³-hybridized carbons (Fsp3) is 0.250. The lowest BCUT2D eigenvalue weighted by Gasteiger charge is -2.04. The van der Waals surface area contributed by atoms with Crippen LogP contribution in [0.2, 0.25) is 0 Å². The minimum atomic E-state index is 0.000888. The number of aryl methyl sites for hydroxylation is 1. The maximum Gasteiger partial charge on any atom is 0.185 e. The minimum Gasteiger partial charge on any atom is -0.289 e. The second-order valence-electron chi connectivity index (χ2n) is 4.89. The molecular weight excluding hydrogens is 236 g/mol. The minimum absolute atomic E-state index is 0.000888. The zero-order valence-electron chi connectivity index (χ0n) is 11.5. The van der Waals surface area contributed by atoms with E-state index in [0.717, 1.165) is 5.69 Å². The van der Waals surface area contributed by atoms with Crippen molar-refractivity contribution in [2.24, 2.45) is 7.05 Å². The van der Waals surface area contributed by atoms with Crippen LogP contribution in [0.5, 0.6) is 0 Å². The van der Waals surface area contributed by atoms with Crippen LogP contribution in [0.1, 0.15) is 41.4 Å². The van der Waals surface area contributed by atoms with Gasteiger partial charge in [-0.1, -0.05) is 38.1 Å². The highest BCUT2D eigenvalue weighted by Crippen LogP contribution is 2.15. The van der Waals surface area contributed by atoms with Gasteiger partial charge >= 0.3 is 0 Å². The molecule has 0 N–H and O–H groups in total. The first-order valence-electron chi connectivity index (χ1n) is 6.38. The van der Waals surface area contributed by atoms with Crippen LogP contribution in [0.25, 0.3) is 6.08 Å². The predicted octanol–water partition coefficient (Wildman–Crippen LogP) is 3.44. The number of carbonyl (C=O) groups is 1. The van der Waals surface area contributed by atoms with Crippen molar-refractivity contribution in [3.8, 4) is 0 Å². The maximum atomic E-state index is 12.0. The Morgan fingerprint density at radius 1 is 1.21 bits per heavy atom. The first kappa shape index (κ1) is 13.3. The summed E-state index contributed by atoms with van der Waals surface area (Å²) in [7, 11) is 1.85. The van der Waals surface area contributed by atoms with E-state index in [4.69, 9.17) is 0 Å². The van der Waals surface area contributed by atoms with Gasteiger partial charge in [-0.25, -0.2) is 0 Å². The summed E-state index contributed by atoms with van der Waals surface area (Å²) >= 11 is 0. The summed E-state index contributed by atoms with van der Waals surface area (Å²) in [5, 5.41) is 4.19. The van der Waals surface area contributed by atoms with Crippen molar-refractivity contribution in [2.75, 3.05) is 0 Å². The third kappa shape index (κ3) is 3.41. The lowest BCUT2D eigenvalue weighted by Crippen LogP contribution is -1.95. The van der Waals surface area contributed by atoms with Crippen LogP contribution in [0, 0.1) is 0 Å². The number of benzene rings is 1. The topological polar surface area (TPSA) is 34.9 Å². The van der Waals surface area contributed by atoms with E-state index >= 15 is 0 Å². The van der Waals surface area contributed by atoms with Crippen LogP contribution in [-0.2, 0) is 7.05 Å². The molecule has 3 heteroatoms. The summed E-state index contributed by atoms with van der Waals surface area (Å²) < 4.78 is 1.71. The summed E-state index contributed by atoms with van der Waals surface area (Å²) in [5.74, 6) is 0.481. The van der Waals surface area contributed by atoms with E-state index in [9.17, 15) is 4.79 Å². The fourth-order valence-electron chi connectivity index (χ4n) is 1.81. The lowest BCUT2D eigenvalue weighted by atomic mass is 10.0. The molecule has 1 aromatic carbocycles. The van der Waals surface area contributed by atoms with Crippen molar-refractivity contribution in [1.82, 2.24) is 9.78 Å². The average molecular weight is 254 g/mol. The Kier molecular flexibility index (Phi) is 3.95. The second-order valence-corrected chi connectivity index (χ2v) is 4.89. The highest BCUT2D eigenvalue weighted by atomic mass is 16.1. The zero-order chi connectivity index (χ0) is 13.8. The third-order valence-electron chi connectivity index (χ3n) is 3.00. The molecule has 0 bridgehead atoms. The molecule has 3 nitrogen and oxygen atoms in total. The standard InChI is InChI=1S/C16H18N2O/c1-12(2)13-4-6-14(7-5-13)16(19)9-8-15-10-11-18(3)17-15/h4-12H,1-3H3/b9-8+. The number of allylic oxidation sites excluding steroid dienone is 1. The molecule has 98 valence electrons. The van der Waals surface area contributed by atoms with E-state index in [0.29, 0.717) is 11.5 Å². The lowest BCUT2D eigenvalue weighted by molar-refractivity contribution is 0.104. The first-order chi connectivity index (χ1) is 9.06. The molecule has 0 aliphatic rings. The van der Waals surface area contributed by atoms with Crippen LogP contribution < -0.4 is 0 Å². The quantitative estimate of drug-likeness (QED) is 0.619. The van der Waals surface area contributed by atoms with Crippen LogP contribution in [-0.4, -0.2) is 15.6 Å². The highest BCUT2D eigenvalue weighted by molar-refractivity contribution is 6.06. The number of aromatic nitrogens is 2. The van der Waals surface area contributed by atoms with E-state index < -0.39 is 0 Å². The van der Waals surface area contributed by atoms with Crippen molar-refractivity contribution < 1.29 is 4.79 Å². The predicted molar refractivity (Wildman–Crippen MR) is 77.1 cm³/mol. The molecule has 0 unspecified atom stereocenters. The smallest absolute Gasteiger partial charge is 0.185 e. The van der Waals surface area contributed by atoms with Gasteiger partial charge in [-0.3, -0.25) is 9.48 Å². The molecular formula is C16H18N2O. The van der Waals surface area contributed by atoms with E-state index in [1.54, 1.807) is 16.8 Å². The Hall–Kier alpha value is -2.16. The van der Waals surface area contributed by atoms with Gasteiger partial charge in [0.15, 0.2) is 5.78 Å². The number of nitrogens with zero attached hydrogens (tertiary/aromatic N) is 2. The summed E-state index contributed by atoms with van der Waals surface area (Å²) in [5.41, 5.74) is 2.73. The van der Waals surface area contributed by atoms with Crippen molar-refractivity contribution in [2.45, 2.75) is 19.8 Å². The highest BCUT2D eigenvalue weighted by Gasteiger charge is 2.03. The monoisotopic (exact) mass is 254 g/mol. The van der Waals surface area contributed by atoms with Crippen molar-refractivity contribution in [1.29, 1.82) is 0 Å². The molecule has 0 amide bonds. The van der Waals surface area contributed by atoms with E-state index in [-0.39, 0.29) is 5.78 Å². The van der Waals surface area contributed by atoms with Crippen molar-refractivity contribution in [3.05, 3.63) is 59.4 Å². The fourth-order valence-corrected chi connectivity index (χ4v) is 1.81. The summed E-state index contributed by atoms with van der Waals surface area (Å²) in [6.07, 6.45) is 5.15. The third-order valence-corrected chi connectivity index (χ3v) is 3.00. The Morgan fingerprint density at radius 2 is 1.89 bits per heavy atom. The van der Waals surface area contributed by atoms with Gasteiger partial charge < -0.3 is 0 Å². The largest absolute Gasteiger partial charge is 0.289 e. The molecule has 2 rings (SSSR count). The van der Waals surface area contributed by atoms with Gasteiger partial charge in [0, 0.05) is 18.8 Å². The van der Waals surface area contributed by atoms with Gasteiger partial charge in [0.25, 0.3) is 0 Å². The SMILES string of the molecule is CC(C)c1ccc(C(=O)/C=C/c2ccn(C)n2)cc1. The molecule has 19 heavy (non-hydrogen) atoms. The maximum absolute atomic E-state index is 12.0. The van der Waals surface area contributed by atoms with Crippen LogP contribution >= 0.6 is 0 Å². The summed E-state index contributed by atoms with van der Waals surface area (Å²) in [6.45, 7) is 4.27. The van der Waals surface area contributed by atoms with Gasteiger partial charge in [-0.15, -0.1) is 0 Å². The van der Waals surface area contributed by atoms with Gasteiger partial charge in [-0.05, 0) is 29.7 Å². The average Bonchev–Trinajstić information content (AvgIpc) is 2.82. The normalized spacial score (nSPS) is 11.4. The zero-order valence-corrected chi connectivity index (χ0v) is 11.5. The molecule has 0 spiro atoms. The van der Waals surface area contributed by atoms with Crippen LogP contribution in [0.15, 0.2) is 42.6 Å². The van der Waals surface area contributed by atoms with Gasteiger partial charge in [-0.2, -0.15) is 5.10 Å².